The van der Waals surface area contributed by atoms with Crippen molar-refractivity contribution in [1.82, 2.24) is 9.46 Å². The number of nitrogens with two attached hydrogens (primary N) is 1. The van der Waals surface area contributed by atoms with Gasteiger partial charge in [-0.05, 0) is 25.3 Å². The summed E-state index contributed by atoms with van der Waals surface area (Å²) < 4.78 is 30.9. The Hall–Kier alpha value is -0.630. The fourth-order valence-corrected chi connectivity index (χ4v) is 3.69. The van der Waals surface area contributed by atoms with Crippen LogP contribution >= 0.6 is 12.4 Å². The molecule has 2 heterocycles. The molecule has 1 unspecified atom stereocenters. The summed E-state index contributed by atoms with van der Waals surface area (Å²) in [7, 11) is -3.34. The van der Waals surface area contributed by atoms with Gasteiger partial charge in [0.15, 0.2) is 5.76 Å². The van der Waals surface area contributed by atoms with Crippen LogP contribution in [0.5, 0.6) is 0 Å². The SMILES string of the molecule is Cc1cc(CS(=O)(=O)N2CCC(C)(CN)C2)on1.Cl. The minimum atomic E-state index is -3.34. The largest absolute Gasteiger partial charge is 0.360 e. The lowest BCUT2D eigenvalue weighted by atomic mass is 9.90. The maximum atomic E-state index is 12.2. The van der Waals surface area contributed by atoms with Crippen LogP contribution in [0.3, 0.4) is 0 Å². The maximum absolute atomic E-state index is 12.2. The van der Waals surface area contributed by atoms with Crippen LogP contribution in [0.4, 0.5) is 0 Å². The number of hydrogen-bond donors (Lipinski definition) is 1. The van der Waals surface area contributed by atoms with Gasteiger partial charge >= 0.3 is 0 Å². The molecule has 0 aromatic carbocycles. The summed E-state index contributed by atoms with van der Waals surface area (Å²) in [5.41, 5.74) is 6.26. The fourth-order valence-electron chi connectivity index (χ4n) is 2.14. The second-order valence-electron chi connectivity index (χ2n) is 5.29. The number of aromatic nitrogens is 1. The number of aryl methyl sites for hydroxylation is 1. The number of halogens is 1. The number of rotatable bonds is 4. The highest BCUT2D eigenvalue weighted by atomic mass is 35.5. The molecule has 1 aromatic rings. The summed E-state index contributed by atoms with van der Waals surface area (Å²) in [5.74, 6) is 0.253. The number of sulfonamides is 1. The van der Waals surface area contributed by atoms with Gasteiger partial charge in [-0.15, -0.1) is 12.4 Å². The minimum absolute atomic E-state index is 0. The molecule has 8 heteroatoms. The zero-order valence-corrected chi connectivity index (χ0v) is 12.8. The summed E-state index contributed by atoms with van der Waals surface area (Å²) in [6.07, 6.45) is 0.804. The standard InChI is InChI=1S/C11H19N3O3S.ClH/c1-9-5-10(17-13-9)6-18(15,16)14-4-3-11(2,7-12)8-14;/h5H,3-4,6-8,12H2,1-2H3;1H. The Bertz CT molecular complexity index is 531. The van der Waals surface area contributed by atoms with Crippen LogP contribution in [-0.4, -0.2) is 37.5 Å². The molecule has 1 fully saturated rings. The summed E-state index contributed by atoms with van der Waals surface area (Å²) in [5, 5.41) is 3.69. The lowest BCUT2D eigenvalue weighted by Gasteiger charge is -2.22. The molecule has 19 heavy (non-hydrogen) atoms. The van der Waals surface area contributed by atoms with E-state index in [1.807, 2.05) is 6.92 Å². The average Bonchev–Trinajstić information content (AvgIpc) is 2.86. The molecule has 6 nitrogen and oxygen atoms in total. The Morgan fingerprint density at radius 2 is 2.26 bits per heavy atom. The first kappa shape index (κ1) is 16.4. The molecule has 0 radical (unpaired) electrons. The van der Waals surface area contributed by atoms with Crippen molar-refractivity contribution in [2.24, 2.45) is 11.1 Å². The van der Waals surface area contributed by atoms with Crippen LogP contribution in [0.25, 0.3) is 0 Å². The van der Waals surface area contributed by atoms with E-state index in [-0.39, 0.29) is 23.6 Å². The van der Waals surface area contributed by atoms with E-state index in [4.69, 9.17) is 10.3 Å². The molecule has 1 aliphatic heterocycles. The molecular formula is C11H20ClN3O3S. The van der Waals surface area contributed by atoms with Crippen molar-refractivity contribution in [3.63, 3.8) is 0 Å². The van der Waals surface area contributed by atoms with Gasteiger partial charge in [0, 0.05) is 19.2 Å². The van der Waals surface area contributed by atoms with E-state index in [1.54, 1.807) is 13.0 Å². The maximum Gasteiger partial charge on any atom is 0.221 e. The lowest BCUT2D eigenvalue weighted by Crippen LogP contribution is -2.35. The molecule has 1 aromatic heterocycles. The summed E-state index contributed by atoms with van der Waals surface area (Å²) in [4.78, 5) is 0. The van der Waals surface area contributed by atoms with Crippen molar-refractivity contribution >= 4 is 22.4 Å². The van der Waals surface area contributed by atoms with E-state index in [0.29, 0.717) is 31.1 Å². The van der Waals surface area contributed by atoms with Gasteiger partial charge in [-0.1, -0.05) is 12.1 Å². The smallest absolute Gasteiger partial charge is 0.221 e. The third kappa shape index (κ3) is 3.68. The predicted octanol–water partition coefficient (Wildman–Crippen LogP) is 0.905. The fraction of sp³-hybridized carbons (Fsp3) is 0.727. The van der Waals surface area contributed by atoms with Crippen LogP contribution < -0.4 is 5.73 Å². The monoisotopic (exact) mass is 309 g/mol. The second-order valence-corrected chi connectivity index (χ2v) is 7.26. The molecule has 0 aliphatic carbocycles. The molecule has 0 spiro atoms. The van der Waals surface area contributed by atoms with Crippen LogP contribution in [0.2, 0.25) is 0 Å². The van der Waals surface area contributed by atoms with Gasteiger partial charge < -0.3 is 10.3 Å². The number of hydrogen-bond acceptors (Lipinski definition) is 5. The van der Waals surface area contributed by atoms with Crippen molar-refractivity contribution in [3.05, 3.63) is 17.5 Å². The average molecular weight is 310 g/mol. The van der Waals surface area contributed by atoms with Crippen molar-refractivity contribution in [3.8, 4) is 0 Å². The highest BCUT2D eigenvalue weighted by molar-refractivity contribution is 7.88. The van der Waals surface area contributed by atoms with Crippen molar-refractivity contribution < 1.29 is 12.9 Å². The van der Waals surface area contributed by atoms with Crippen LogP contribution in [-0.2, 0) is 15.8 Å². The van der Waals surface area contributed by atoms with Gasteiger partial charge in [0.1, 0.15) is 5.75 Å². The number of nitrogens with zero attached hydrogens (tertiary/aromatic N) is 2. The van der Waals surface area contributed by atoms with Gasteiger partial charge in [0.2, 0.25) is 10.0 Å². The Kier molecular flexibility index (Phi) is 5.00. The summed E-state index contributed by atoms with van der Waals surface area (Å²) in [6, 6.07) is 1.65. The topological polar surface area (TPSA) is 89.4 Å². The quantitative estimate of drug-likeness (QED) is 0.892. The minimum Gasteiger partial charge on any atom is -0.360 e. The molecule has 0 bridgehead atoms. The van der Waals surface area contributed by atoms with Crippen LogP contribution in [0, 0.1) is 12.3 Å². The molecule has 2 rings (SSSR count). The van der Waals surface area contributed by atoms with Gasteiger partial charge in [0.25, 0.3) is 0 Å². The van der Waals surface area contributed by atoms with E-state index in [2.05, 4.69) is 5.16 Å². The highest BCUT2D eigenvalue weighted by Crippen LogP contribution is 2.31. The zero-order chi connectivity index (χ0) is 13.4. The molecule has 1 atom stereocenters. The summed E-state index contributed by atoms with van der Waals surface area (Å²) >= 11 is 0. The summed E-state index contributed by atoms with van der Waals surface area (Å²) in [6.45, 7) is 5.30. The molecule has 1 saturated heterocycles. The third-order valence-electron chi connectivity index (χ3n) is 3.41. The Morgan fingerprint density at radius 3 is 2.74 bits per heavy atom. The van der Waals surface area contributed by atoms with Gasteiger partial charge in [-0.25, -0.2) is 12.7 Å². The molecule has 1 aliphatic rings. The van der Waals surface area contributed by atoms with E-state index in [9.17, 15) is 8.42 Å². The Morgan fingerprint density at radius 1 is 1.58 bits per heavy atom. The van der Waals surface area contributed by atoms with E-state index >= 15 is 0 Å². The first-order valence-corrected chi connectivity index (χ1v) is 7.56. The zero-order valence-electron chi connectivity index (χ0n) is 11.1. The van der Waals surface area contributed by atoms with Crippen LogP contribution in [0.15, 0.2) is 10.6 Å². The second kappa shape index (κ2) is 5.78. The third-order valence-corrected chi connectivity index (χ3v) is 5.16. The van der Waals surface area contributed by atoms with Gasteiger partial charge in [-0.2, -0.15) is 0 Å². The molecule has 0 saturated carbocycles. The normalized spacial score (nSPS) is 24.4. The lowest BCUT2D eigenvalue weighted by molar-refractivity contribution is 0.347. The first-order valence-electron chi connectivity index (χ1n) is 5.95. The Balaban J connectivity index is 0.00000180. The van der Waals surface area contributed by atoms with Gasteiger partial charge in [-0.3, -0.25) is 0 Å². The van der Waals surface area contributed by atoms with Crippen molar-refractivity contribution in [1.29, 1.82) is 0 Å². The van der Waals surface area contributed by atoms with Crippen molar-refractivity contribution in [2.75, 3.05) is 19.6 Å². The molecule has 0 amide bonds. The highest BCUT2D eigenvalue weighted by Gasteiger charge is 2.38. The molecular weight excluding hydrogens is 290 g/mol. The van der Waals surface area contributed by atoms with Gasteiger partial charge in [0.05, 0.1) is 5.69 Å². The van der Waals surface area contributed by atoms with E-state index in [0.717, 1.165) is 6.42 Å². The molecule has 2 N–H and O–H groups in total. The molecule has 110 valence electrons. The van der Waals surface area contributed by atoms with Crippen LogP contribution in [0.1, 0.15) is 24.8 Å². The predicted molar refractivity (Wildman–Crippen MR) is 74.5 cm³/mol. The Labute approximate surface area is 119 Å². The van der Waals surface area contributed by atoms with Crippen molar-refractivity contribution in [2.45, 2.75) is 26.0 Å². The van der Waals surface area contributed by atoms with E-state index in [1.165, 1.54) is 4.31 Å². The first-order chi connectivity index (χ1) is 8.35. The van der Waals surface area contributed by atoms with E-state index < -0.39 is 10.0 Å².